The molecule has 3 rings (SSSR count). The maximum atomic E-state index is 12.1. The lowest BCUT2D eigenvalue weighted by molar-refractivity contribution is -0.141. The van der Waals surface area contributed by atoms with Crippen molar-refractivity contribution in [2.45, 2.75) is 38.2 Å². The molecule has 0 aliphatic carbocycles. The molecule has 3 aromatic rings. The number of fused-ring (bicyclic) bond motifs is 1. The molecule has 6 heteroatoms. The van der Waals surface area contributed by atoms with E-state index >= 15 is 0 Å². The number of benzene rings is 2. The van der Waals surface area contributed by atoms with Crippen LogP contribution in [-0.2, 0) is 16.1 Å². The summed E-state index contributed by atoms with van der Waals surface area (Å²) < 4.78 is 10.7. The highest BCUT2D eigenvalue weighted by molar-refractivity contribution is 8.00. The molecule has 0 saturated heterocycles. The number of thioether (sulfide) groups is 1. The number of hydrogen-bond acceptors (Lipinski definition) is 5. The minimum Gasteiger partial charge on any atom is -0.460 e. The van der Waals surface area contributed by atoms with Crippen molar-refractivity contribution in [3.05, 3.63) is 74.6 Å². The zero-order valence-electron chi connectivity index (χ0n) is 16.0. The molecule has 4 nitrogen and oxygen atoms in total. The van der Waals surface area contributed by atoms with Gasteiger partial charge in [0.1, 0.15) is 12.2 Å². The summed E-state index contributed by atoms with van der Waals surface area (Å²) in [6.45, 7) is 6.25. The molecule has 0 unspecified atom stereocenters. The van der Waals surface area contributed by atoms with Crippen LogP contribution in [0.5, 0.6) is 0 Å². The smallest absolute Gasteiger partial charge is 0.336 e. The number of hydrogen-bond donors (Lipinski definition) is 0. The van der Waals surface area contributed by atoms with Crippen molar-refractivity contribution in [1.29, 1.82) is 0 Å². The lowest BCUT2D eigenvalue weighted by atomic mass is 9.95. The van der Waals surface area contributed by atoms with Crippen LogP contribution in [0, 0.1) is 6.92 Å². The van der Waals surface area contributed by atoms with E-state index in [0.29, 0.717) is 22.1 Å². The molecule has 1 aromatic heterocycles. The SMILES string of the molecule is Cc1cc2oc(=O)cc(COC(=O)CSc3ccc(Cl)cc3)c2cc1C(C)C. The monoisotopic (exact) mass is 416 g/mol. The summed E-state index contributed by atoms with van der Waals surface area (Å²) >= 11 is 7.23. The van der Waals surface area contributed by atoms with E-state index in [1.165, 1.54) is 23.4 Å². The van der Waals surface area contributed by atoms with Crippen LogP contribution in [0.4, 0.5) is 0 Å². The van der Waals surface area contributed by atoms with Crippen LogP contribution in [0.3, 0.4) is 0 Å². The van der Waals surface area contributed by atoms with Gasteiger partial charge in [0.05, 0.1) is 5.75 Å². The van der Waals surface area contributed by atoms with E-state index in [2.05, 4.69) is 13.8 Å². The van der Waals surface area contributed by atoms with Gasteiger partial charge in [0.2, 0.25) is 0 Å². The molecule has 0 spiro atoms. The average Bonchev–Trinajstić information content (AvgIpc) is 2.64. The van der Waals surface area contributed by atoms with E-state index in [4.69, 9.17) is 20.8 Å². The van der Waals surface area contributed by atoms with Crippen LogP contribution in [0.2, 0.25) is 5.02 Å². The Morgan fingerprint density at radius 1 is 1.18 bits per heavy atom. The van der Waals surface area contributed by atoms with Gasteiger partial charge in [0, 0.05) is 26.9 Å². The fourth-order valence-corrected chi connectivity index (χ4v) is 3.83. The number of ether oxygens (including phenoxy) is 1. The summed E-state index contributed by atoms with van der Waals surface area (Å²) in [4.78, 5) is 25.0. The zero-order chi connectivity index (χ0) is 20.3. The number of rotatable bonds is 6. The lowest BCUT2D eigenvalue weighted by Crippen LogP contribution is -2.09. The second kappa shape index (κ2) is 8.84. The highest BCUT2D eigenvalue weighted by Crippen LogP contribution is 2.27. The summed E-state index contributed by atoms with van der Waals surface area (Å²) in [7, 11) is 0. The molecule has 0 aliphatic heterocycles. The van der Waals surface area contributed by atoms with Gasteiger partial charge < -0.3 is 9.15 Å². The quantitative estimate of drug-likeness (QED) is 0.292. The fraction of sp³-hybridized carbons (Fsp3) is 0.273. The van der Waals surface area contributed by atoms with Crippen molar-refractivity contribution in [3.8, 4) is 0 Å². The summed E-state index contributed by atoms with van der Waals surface area (Å²) in [5.74, 6) is 0.164. The highest BCUT2D eigenvalue weighted by Gasteiger charge is 2.13. The molecule has 0 saturated carbocycles. The largest absolute Gasteiger partial charge is 0.460 e. The van der Waals surface area contributed by atoms with E-state index in [-0.39, 0.29) is 18.3 Å². The average molecular weight is 417 g/mol. The van der Waals surface area contributed by atoms with Crippen molar-refractivity contribution in [1.82, 2.24) is 0 Å². The first-order chi connectivity index (χ1) is 13.3. The Bertz CT molecular complexity index is 1050. The van der Waals surface area contributed by atoms with Crippen LogP contribution in [0.25, 0.3) is 11.0 Å². The first-order valence-electron chi connectivity index (χ1n) is 8.94. The number of aryl methyl sites for hydroxylation is 1. The molecule has 0 bridgehead atoms. The zero-order valence-corrected chi connectivity index (χ0v) is 17.5. The summed E-state index contributed by atoms with van der Waals surface area (Å²) in [5, 5.41) is 1.45. The van der Waals surface area contributed by atoms with Crippen molar-refractivity contribution in [2.24, 2.45) is 0 Å². The Morgan fingerprint density at radius 3 is 2.57 bits per heavy atom. The van der Waals surface area contributed by atoms with E-state index in [1.54, 1.807) is 12.1 Å². The van der Waals surface area contributed by atoms with Gasteiger partial charge in [-0.15, -0.1) is 11.8 Å². The number of esters is 1. The third-order valence-electron chi connectivity index (χ3n) is 4.40. The van der Waals surface area contributed by atoms with Gasteiger partial charge in [-0.05, 0) is 60.4 Å². The number of halogens is 1. The van der Waals surface area contributed by atoms with Crippen LogP contribution in [-0.4, -0.2) is 11.7 Å². The van der Waals surface area contributed by atoms with Gasteiger partial charge in [0.15, 0.2) is 0 Å². The molecule has 28 heavy (non-hydrogen) atoms. The van der Waals surface area contributed by atoms with Crippen molar-refractivity contribution < 1.29 is 13.9 Å². The molecule has 2 aromatic carbocycles. The number of carbonyl (C=O) groups is 1. The van der Waals surface area contributed by atoms with Gasteiger partial charge >= 0.3 is 11.6 Å². The predicted octanol–water partition coefficient (Wildman–Crippen LogP) is 5.71. The van der Waals surface area contributed by atoms with Crippen LogP contribution in [0.1, 0.15) is 36.5 Å². The summed E-state index contributed by atoms with van der Waals surface area (Å²) in [6, 6.07) is 12.5. The van der Waals surface area contributed by atoms with Gasteiger partial charge in [-0.25, -0.2) is 4.79 Å². The Hall–Kier alpha value is -2.24. The maximum Gasteiger partial charge on any atom is 0.336 e. The predicted molar refractivity (Wildman–Crippen MR) is 113 cm³/mol. The molecular formula is C22H21ClO4S. The standard InChI is InChI=1S/C22H21ClO4S/c1-13(2)18-10-19-15(9-21(24)27-20(19)8-14(18)3)11-26-22(25)12-28-17-6-4-16(23)5-7-17/h4-10,13H,11-12H2,1-3H3. The summed E-state index contributed by atoms with van der Waals surface area (Å²) in [5.41, 5.74) is 2.95. The van der Waals surface area contributed by atoms with Crippen LogP contribution < -0.4 is 5.63 Å². The second-order valence-corrected chi connectivity index (χ2v) is 8.34. The molecular weight excluding hydrogens is 396 g/mol. The van der Waals surface area contributed by atoms with Gasteiger partial charge in [0.25, 0.3) is 0 Å². The molecule has 146 valence electrons. The van der Waals surface area contributed by atoms with E-state index < -0.39 is 5.63 Å². The highest BCUT2D eigenvalue weighted by atomic mass is 35.5. The molecule has 1 heterocycles. The molecule has 0 fully saturated rings. The third kappa shape index (κ3) is 4.97. The van der Waals surface area contributed by atoms with Crippen molar-refractivity contribution in [3.63, 3.8) is 0 Å². The van der Waals surface area contributed by atoms with Crippen LogP contribution >= 0.6 is 23.4 Å². The first kappa shape index (κ1) is 20.5. The first-order valence-corrected chi connectivity index (χ1v) is 10.3. The molecule has 0 N–H and O–H groups in total. The molecule has 0 radical (unpaired) electrons. The number of carbonyl (C=O) groups excluding carboxylic acids is 1. The fourth-order valence-electron chi connectivity index (χ4n) is 3.01. The van der Waals surface area contributed by atoms with Gasteiger partial charge in [-0.1, -0.05) is 25.4 Å². The Balaban J connectivity index is 1.74. The Labute approximate surface area is 172 Å². The minimum absolute atomic E-state index is 0.0305. The minimum atomic E-state index is -0.453. The molecule has 0 atom stereocenters. The molecule has 0 aliphatic rings. The normalized spacial score (nSPS) is 11.2. The van der Waals surface area contributed by atoms with Gasteiger partial charge in [-0.2, -0.15) is 0 Å². The lowest BCUT2D eigenvalue weighted by Gasteiger charge is -2.13. The van der Waals surface area contributed by atoms with Crippen LogP contribution in [0.15, 0.2) is 56.6 Å². The Kier molecular flexibility index (Phi) is 6.47. The van der Waals surface area contributed by atoms with E-state index in [0.717, 1.165) is 15.8 Å². The van der Waals surface area contributed by atoms with Gasteiger partial charge in [-0.3, -0.25) is 4.79 Å². The third-order valence-corrected chi connectivity index (χ3v) is 5.64. The molecule has 0 amide bonds. The van der Waals surface area contributed by atoms with E-state index in [1.807, 2.05) is 31.2 Å². The van der Waals surface area contributed by atoms with Crippen molar-refractivity contribution >= 4 is 40.3 Å². The Morgan fingerprint density at radius 2 is 1.89 bits per heavy atom. The summed E-state index contributed by atoms with van der Waals surface area (Å²) in [6.07, 6.45) is 0. The maximum absolute atomic E-state index is 12.1. The van der Waals surface area contributed by atoms with E-state index in [9.17, 15) is 9.59 Å². The topological polar surface area (TPSA) is 56.5 Å². The van der Waals surface area contributed by atoms with Crippen molar-refractivity contribution in [2.75, 3.05) is 5.75 Å². The second-order valence-electron chi connectivity index (χ2n) is 6.85.